The molecule has 1 saturated heterocycles. The first-order valence-electron chi connectivity index (χ1n) is 6.28. The highest BCUT2D eigenvalue weighted by Crippen LogP contribution is 2.18. The fraction of sp³-hybridized carbons (Fsp3) is 0.357. The number of likely N-dealkylation sites (tertiary alicyclic amines) is 1. The summed E-state index contributed by atoms with van der Waals surface area (Å²) in [6.07, 6.45) is 3.15. The fourth-order valence-corrected chi connectivity index (χ4v) is 2.50. The lowest BCUT2D eigenvalue weighted by Gasteiger charge is -2.30. The second-order valence-electron chi connectivity index (χ2n) is 4.83. The molecule has 4 nitrogen and oxygen atoms in total. The first-order valence-corrected chi connectivity index (χ1v) is 6.28. The minimum Gasteiger partial charge on any atom is -0.391 e. The molecular formula is C14H16N2O2. The third-order valence-electron chi connectivity index (χ3n) is 3.49. The van der Waals surface area contributed by atoms with E-state index >= 15 is 0 Å². The number of hydrogen-bond acceptors (Lipinski definition) is 2. The molecular weight excluding hydrogens is 228 g/mol. The average Bonchev–Trinajstić information content (AvgIpc) is 2.85. The van der Waals surface area contributed by atoms with Crippen molar-refractivity contribution in [3.05, 3.63) is 36.0 Å². The predicted molar refractivity (Wildman–Crippen MR) is 69.4 cm³/mol. The number of aliphatic hydroxyl groups excluding tert-OH is 1. The number of piperidine rings is 1. The number of nitrogens with zero attached hydrogens (tertiary/aromatic N) is 1. The van der Waals surface area contributed by atoms with E-state index in [2.05, 4.69) is 4.98 Å². The minimum atomic E-state index is -0.378. The number of fused-ring (bicyclic) bond motifs is 1. The minimum absolute atomic E-state index is 0.00486. The fourth-order valence-electron chi connectivity index (χ4n) is 2.50. The van der Waals surface area contributed by atoms with Gasteiger partial charge in [-0.05, 0) is 36.4 Å². The van der Waals surface area contributed by atoms with Crippen molar-refractivity contribution < 1.29 is 9.90 Å². The molecule has 2 aromatic rings. The summed E-state index contributed by atoms with van der Waals surface area (Å²) < 4.78 is 0. The molecule has 0 spiro atoms. The van der Waals surface area contributed by atoms with E-state index in [9.17, 15) is 9.90 Å². The summed E-state index contributed by atoms with van der Waals surface area (Å²) in [6, 6.07) is 7.64. The van der Waals surface area contributed by atoms with Gasteiger partial charge in [0.1, 0.15) is 0 Å². The van der Waals surface area contributed by atoms with Gasteiger partial charge in [0, 0.05) is 30.4 Å². The van der Waals surface area contributed by atoms with Crippen molar-refractivity contribution >= 4 is 16.8 Å². The van der Waals surface area contributed by atoms with Gasteiger partial charge in [0.05, 0.1) is 6.10 Å². The van der Waals surface area contributed by atoms with Gasteiger partial charge >= 0.3 is 0 Å². The van der Waals surface area contributed by atoms with Crippen LogP contribution in [0.2, 0.25) is 0 Å². The number of H-pyrrole nitrogens is 1. The van der Waals surface area contributed by atoms with E-state index in [1.165, 1.54) is 0 Å². The van der Waals surface area contributed by atoms with Gasteiger partial charge in [0.15, 0.2) is 0 Å². The summed E-state index contributed by atoms with van der Waals surface area (Å²) >= 11 is 0. The number of carbonyl (C=O) groups is 1. The molecule has 1 atom stereocenters. The number of aromatic nitrogens is 1. The van der Waals surface area contributed by atoms with Crippen LogP contribution in [0.5, 0.6) is 0 Å². The third-order valence-corrected chi connectivity index (χ3v) is 3.49. The lowest BCUT2D eigenvalue weighted by atomic mass is 10.1. The Balaban J connectivity index is 1.86. The standard InChI is InChI=1S/C14H16N2O2/c17-12-2-1-7-16(9-12)14(18)11-4-3-10-5-6-15-13(10)8-11/h3-6,8,12,15,17H,1-2,7,9H2/t12-/m0/s1. The molecule has 4 heteroatoms. The van der Waals surface area contributed by atoms with Crippen LogP contribution >= 0.6 is 0 Å². The molecule has 1 aromatic heterocycles. The van der Waals surface area contributed by atoms with E-state index in [4.69, 9.17) is 0 Å². The largest absolute Gasteiger partial charge is 0.391 e. The Morgan fingerprint density at radius 2 is 2.28 bits per heavy atom. The smallest absolute Gasteiger partial charge is 0.254 e. The zero-order valence-corrected chi connectivity index (χ0v) is 10.1. The predicted octanol–water partition coefficient (Wildman–Crippen LogP) is 1.76. The summed E-state index contributed by atoms with van der Waals surface area (Å²) in [5, 5.41) is 10.7. The zero-order valence-electron chi connectivity index (χ0n) is 10.1. The molecule has 0 saturated carbocycles. The molecule has 18 heavy (non-hydrogen) atoms. The molecule has 94 valence electrons. The van der Waals surface area contributed by atoms with E-state index in [1.807, 2.05) is 30.5 Å². The molecule has 0 radical (unpaired) electrons. The Labute approximate surface area is 105 Å². The van der Waals surface area contributed by atoms with Crippen molar-refractivity contribution in [3.8, 4) is 0 Å². The number of aromatic amines is 1. The molecule has 1 fully saturated rings. The van der Waals surface area contributed by atoms with Gasteiger partial charge in [-0.2, -0.15) is 0 Å². The van der Waals surface area contributed by atoms with Crippen LogP contribution in [0.25, 0.3) is 10.9 Å². The number of nitrogens with one attached hydrogen (secondary N) is 1. The van der Waals surface area contributed by atoms with Crippen LogP contribution in [0.15, 0.2) is 30.5 Å². The number of carbonyl (C=O) groups excluding carboxylic acids is 1. The summed E-state index contributed by atoms with van der Waals surface area (Å²) in [5.41, 5.74) is 1.65. The second-order valence-corrected chi connectivity index (χ2v) is 4.83. The lowest BCUT2D eigenvalue weighted by Crippen LogP contribution is -2.42. The summed E-state index contributed by atoms with van der Waals surface area (Å²) in [4.78, 5) is 17.2. The van der Waals surface area contributed by atoms with Gasteiger partial charge in [-0.15, -0.1) is 0 Å². The molecule has 2 N–H and O–H groups in total. The first-order chi connectivity index (χ1) is 8.74. The summed E-state index contributed by atoms with van der Waals surface area (Å²) in [7, 11) is 0. The third kappa shape index (κ3) is 1.99. The molecule has 1 aliphatic rings. The first kappa shape index (κ1) is 11.3. The topological polar surface area (TPSA) is 56.3 Å². The molecule has 0 bridgehead atoms. The van der Waals surface area contributed by atoms with Crippen LogP contribution in [0.3, 0.4) is 0 Å². The lowest BCUT2D eigenvalue weighted by molar-refractivity contribution is 0.0474. The average molecular weight is 244 g/mol. The van der Waals surface area contributed by atoms with E-state index in [0.717, 1.165) is 30.3 Å². The Bertz CT molecular complexity index is 576. The normalized spacial score (nSPS) is 20.3. The highest BCUT2D eigenvalue weighted by molar-refractivity contribution is 5.98. The molecule has 1 amide bonds. The number of hydrogen-bond donors (Lipinski definition) is 2. The van der Waals surface area contributed by atoms with Crippen LogP contribution in [0.1, 0.15) is 23.2 Å². The van der Waals surface area contributed by atoms with Gasteiger partial charge in [0.25, 0.3) is 5.91 Å². The van der Waals surface area contributed by atoms with Gasteiger partial charge in [-0.3, -0.25) is 4.79 Å². The zero-order chi connectivity index (χ0) is 12.5. The highest BCUT2D eigenvalue weighted by Gasteiger charge is 2.23. The quantitative estimate of drug-likeness (QED) is 0.803. The van der Waals surface area contributed by atoms with Gasteiger partial charge < -0.3 is 15.0 Å². The monoisotopic (exact) mass is 244 g/mol. The number of rotatable bonds is 1. The van der Waals surface area contributed by atoms with Crippen molar-refractivity contribution in [3.63, 3.8) is 0 Å². The van der Waals surface area contributed by atoms with Crippen LogP contribution in [0.4, 0.5) is 0 Å². The Morgan fingerprint density at radius 1 is 1.39 bits per heavy atom. The van der Waals surface area contributed by atoms with Crippen molar-refractivity contribution in [2.75, 3.05) is 13.1 Å². The van der Waals surface area contributed by atoms with Crippen molar-refractivity contribution in [1.29, 1.82) is 0 Å². The van der Waals surface area contributed by atoms with Gasteiger partial charge in [-0.25, -0.2) is 0 Å². The van der Waals surface area contributed by atoms with Crippen LogP contribution in [-0.4, -0.2) is 40.1 Å². The maximum atomic E-state index is 12.3. The SMILES string of the molecule is O=C(c1ccc2cc[nH]c2c1)N1CCC[C@H](O)C1. The van der Waals surface area contributed by atoms with Crippen molar-refractivity contribution in [2.24, 2.45) is 0 Å². The van der Waals surface area contributed by atoms with E-state index in [0.29, 0.717) is 12.1 Å². The van der Waals surface area contributed by atoms with Gasteiger partial charge in [-0.1, -0.05) is 6.07 Å². The molecule has 0 aliphatic carbocycles. The highest BCUT2D eigenvalue weighted by atomic mass is 16.3. The Hall–Kier alpha value is -1.81. The molecule has 2 heterocycles. The Kier molecular flexibility index (Phi) is 2.80. The number of aliphatic hydroxyl groups is 1. The maximum Gasteiger partial charge on any atom is 0.254 e. The molecule has 3 rings (SSSR count). The number of amides is 1. The van der Waals surface area contributed by atoms with Crippen LogP contribution in [0, 0.1) is 0 Å². The van der Waals surface area contributed by atoms with E-state index in [-0.39, 0.29) is 12.0 Å². The maximum absolute atomic E-state index is 12.3. The van der Waals surface area contributed by atoms with Crippen LogP contribution < -0.4 is 0 Å². The number of β-amino-alcohol motifs (C(OH)–C–C–N with tert-alkyl or cyclic N) is 1. The Morgan fingerprint density at radius 3 is 3.11 bits per heavy atom. The van der Waals surface area contributed by atoms with Gasteiger partial charge in [0.2, 0.25) is 0 Å². The second kappa shape index (κ2) is 4.46. The molecule has 1 aromatic carbocycles. The molecule has 1 aliphatic heterocycles. The van der Waals surface area contributed by atoms with E-state index < -0.39 is 0 Å². The van der Waals surface area contributed by atoms with Crippen molar-refractivity contribution in [1.82, 2.24) is 9.88 Å². The molecule has 0 unspecified atom stereocenters. The number of benzene rings is 1. The van der Waals surface area contributed by atoms with Crippen LogP contribution in [-0.2, 0) is 0 Å². The summed E-state index contributed by atoms with van der Waals surface area (Å²) in [5.74, 6) is 0.00486. The van der Waals surface area contributed by atoms with E-state index in [1.54, 1.807) is 4.90 Å². The summed E-state index contributed by atoms with van der Waals surface area (Å²) in [6.45, 7) is 1.18. The van der Waals surface area contributed by atoms with Crippen molar-refractivity contribution in [2.45, 2.75) is 18.9 Å².